The highest BCUT2D eigenvalue weighted by molar-refractivity contribution is 5.72. The number of carbonyl (C=O) groups excluding carboxylic acids is 1. The summed E-state index contributed by atoms with van der Waals surface area (Å²) in [7, 11) is 0. The average molecular weight is 249 g/mol. The zero-order valence-corrected chi connectivity index (χ0v) is 10.6. The van der Waals surface area contributed by atoms with E-state index >= 15 is 0 Å². The van der Waals surface area contributed by atoms with Gasteiger partial charge >= 0.3 is 0 Å². The van der Waals surface area contributed by atoms with E-state index in [2.05, 4.69) is 20.2 Å². The highest BCUT2D eigenvalue weighted by Crippen LogP contribution is 2.24. The Morgan fingerprint density at radius 2 is 2.11 bits per heavy atom. The number of rotatable bonds is 3. The third-order valence-electron chi connectivity index (χ3n) is 3.26. The van der Waals surface area contributed by atoms with Gasteiger partial charge in [-0.2, -0.15) is 0 Å². The van der Waals surface area contributed by atoms with Crippen LogP contribution in [-0.4, -0.2) is 35.5 Å². The molecule has 0 aromatic carbocycles. The van der Waals surface area contributed by atoms with Crippen LogP contribution in [0.2, 0.25) is 0 Å². The number of carbonyl (C=O) groups is 1. The number of nitrogens with zero attached hydrogens (tertiary/aromatic N) is 3. The van der Waals surface area contributed by atoms with Crippen molar-refractivity contribution in [3.63, 3.8) is 0 Å². The molecule has 2 heterocycles. The van der Waals surface area contributed by atoms with Crippen LogP contribution in [0.25, 0.3) is 0 Å². The molecule has 0 unspecified atom stereocenters. The summed E-state index contributed by atoms with van der Waals surface area (Å²) in [4.78, 5) is 21.3. The number of nitrogen functional groups attached to an aromatic ring is 1. The molecule has 1 aromatic heterocycles. The van der Waals surface area contributed by atoms with Crippen molar-refractivity contribution in [3.05, 3.63) is 12.4 Å². The lowest BCUT2D eigenvalue weighted by Crippen LogP contribution is -2.38. The number of aromatic nitrogens is 2. The monoisotopic (exact) mass is 249 g/mol. The summed E-state index contributed by atoms with van der Waals surface area (Å²) >= 11 is 0. The summed E-state index contributed by atoms with van der Waals surface area (Å²) in [6.45, 7) is 4.13. The molecular weight excluding hydrogens is 230 g/mol. The summed E-state index contributed by atoms with van der Waals surface area (Å²) in [5.41, 5.74) is 5.81. The molecule has 3 N–H and O–H groups in total. The maximum absolute atomic E-state index is 10.9. The van der Waals surface area contributed by atoms with Gasteiger partial charge < -0.3 is 16.0 Å². The Hall–Kier alpha value is -1.85. The number of amides is 1. The summed E-state index contributed by atoms with van der Waals surface area (Å²) in [5, 5.41) is 2.87. The zero-order chi connectivity index (χ0) is 13.0. The van der Waals surface area contributed by atoms with Crippen LogP contribution in [0.15, 0.2) is 12.4 Å². The molecule has 1 aliphatic rings. The Labute approximate surface area is 107 Å². The predicted molar refractivity (Wildman–Crippen MR) is 70.1 cm³/mol. The van der Waals surface area contributed by atoms with Gasteiger partial charge in [0.1, 0.15) is 0 Å². The van der Waals surface area contributed by atoms with Gasteiger partial charge in [-0.15, -0.1) is 0 Å². The van der Waals surface area contributed by atoms with E-state index < -0.39 is 0 Å². The van der Waals surface area contributed by atoms with Crippen LogP contribution in [0, 0.1) is 5.92 Å². The Morgan fingerprint density at radius 1 is 1.44 bits per heavy atom. The molecule has 6 heteroatoms. The number of anilines is 2. The Balaban J connectivity index is 1.87. The van der Waals surface area contributed by atoms with E-state index in [0.29, 0.717) is 11.7 Å². The highest BCUT2D eigenvalue weighted by Gasteiger charge is 2.21. The van der Waals surface area contributed by atoms with E-state index in [1.165, 1.54) is 0 Å². The summed E-state index contributed by atoms with van der Waals surface area (Å²) in [5.74, 6) is 1.84. The van der Waals surface area contributed by atoms with Crippen molar-refractivity contribution in [2.75, 3.05) is 30.3 Å². The lowest BCUT2D eigenvalue weighted by molar-refractivity contribution is -0.119. The second kappa shape index (κ2) is 5.66. The first-order valence-electron chi connectivity index (χ1n) is 6.22. The quantitative estimate of drug-likeness (QED) is 0.810. The van der Waals surface area contributed by atoms with Crippen LogP contribution in [-0.2, 0) is 4.79 Å². The normalized spacial score (nSPS) is 16.6. The standard InChI is InChI=1S/C12H19N5O/c1-9(18)16-8-10-2-6-17(7-3-10)12-11(13)14-4-5-15-12/h4-5,10H,2-3,6-8H2,1H3,(H2,13,14)(H,16,18). The average Bonchev–Trinajstić information content (AvgIpc) is 2.38. The van der Waals surface area contributed by atoms with Gasteiger partial charge in [-0.25, -0.2) is 9.97 Å². The van der Waals surface area contributed by atoms with E-state index in [-0.39, 0.29) is 5.91 Å². The maximum atomic E-state index is 10.9. The van der Waals surface area contributed by atoms with Crippen molar-refractivity contribution in [3.8, 4) is 0 Å². The van der Waals surface area contributed by atoms with Crippen LogP contribution in [0.1, 0.15) is 19.8 Å². The fourth-order valence-corrected chi connectivity index (χ4v) is 2.22. The van der Waals surface area contributed by atoms with E-state index in [4.69, 9.17) is 5.73 Å². The highest BCUT2D eigenvalue weighted by atomic mass is 16.1. The van der Waals surface area contributed by atoms with Crippen LogP contribution in [0.3, 0.4) is 0 Å². The van der Waals surface area contributed by atoms with E-state index in [1.807, 2.05) is 0 Å². The van der Waals surface area contributed by atoms with Gasteiger partial charge in [0.2, 0.25) is 5.91 Å². The number of hydrogen-bond acceptors (Lipinski definition) is 5. The fourth-order valence-electron chi connectivity index (χ4n) is 2.22. The lowest BCUT2D eigenvalue weighted by Gasteiger charge is -2.32. The maximum Gasteiger partial charge on any atom is 0.216 e. The Bertz CT molecular complexity index is 415. The molecule has 0 radical (unpaired) electrons. The Kier molecular flexibility index (Phi) is 3.96. The van der Waals surface area contributed by atoms with Gasteiger partial charge in [-0.3, -0.25) is 4.79 Å². The molecule has 0 bridgehead atoms. The van der Waals surface area contributed by atoms with Gasteiger partial charge in [-0.1, -0.05) is 0 Å². The van der Waals surface area contributed by atoms with Crippen molar-refractivity contribution >= 4 is 17.5 Å². The van der Waals surface area contributed by atoms with Crippen molar-refractivity contribution in [2.45, 2.75) is 19.8 Å². The zero-order valence-electron chi connectivity index (χ0n) is 10.6. The molecule has 0 atom stereocenters. The van der Waals surface area contributed by atoms with E-state index in [1.54, 1.807) is 19.3 Å². The van der Waals surface area contributed by atoms with Crippen LogP contribution >= 0.6 is 0 Å². The topological polar surface area (TPSA) is 84.1 Å². The molecular formula is C12H19N5O. The third-order valence-corrected chi connectivity index (χ3v) is 3.26. The van der Waals surface area contributed by atoms with E-state index in [0.717, 1.165) is 38.3 Å². The van der Waals surface area contributed by atoms with Gasteiger partial charge in [0.05, 0.1) is 0 Å². The molecule has 18 heavy (non-hydrogen) atoms. The smallest absolute Gasteiger partial charge is 0.216 e. The van der Waals surface area contributed by atoms with Gasteiger partial charge in [0, 0.05) is 39.0 Å². The molecule has 1 aromatic rings. The molecule has 0 aliphatic carbocycles. The van der Waals surface area contributed by atoms with Crippen molar-refractivity contribution < 1.29 is 4.79 Å². The molecule has 1 aliphatic heterocycles. The molecule has 1 saturated heterocycles. The molecule has 0 spiro atoms. The van der Waals surface area contributed by atoms with Gasteiger partial charge in [0.15, 0.2) is 11.6 Å². The Morgan fingerprint density at radius 3 is 2.72 bits per heavy atom. The first-order chi connectivity index (χ1) is 8.66. The molecule has 6 nitrogen and oxygen atoms in total. The minimum Gasteiger partial charge on any atom is -0.381 e. The number of nitrogens with two attached hydrogens (primary N) is 1. The first kappa shape index (κ1) is 12.6. The number of hydrogen-bond donors (Lipinski definition) is 2. The van der Waals surface area contributed by atoms with E-state index in [9.17, 15) is 4.79 Å². The predicted octanol–water partition coefficient (Wildman–Crippen LogP) is 0.411. The molecule has 1 fully saturated rings. The summed E-state index contributed by atoms with van der Waals surface area (Å²) < 4.78 is 0. The van der Waals surface area contributed by atoms with Crippen molar-refractivity contribution in [2.24, 2.45) is 5.92 Å². The third kappa shape index (κ3) is 3.09. The van der Waals surface area contributed by atoms with Crippen molar-refractivity contribution in [1.82, 2.24) is 15.3 Å². The fraction of sp³-hybridized carbons (Fsp3) is 0.583. The van der Waals surface area contributed by atoms with Crippen LogP contribution < -0.4 is 16.0 Å². The number of piperidine rings is 1. The lowest BCUT2D eigenvalue weighted by atomic mass is 9.97. The first-order valence-corrected chi connectivity index (χ1v) is 6.22. The van der Waals surface area contributed by atoms with Gasteiger partial charge in [-0.05, 0) is 18.8 Å². The molecule has 1 amide bonds. The number of nitrogens with one attached hydrogen (secondary N) is 1. The minimum absolute atomic E-state index is 0.0376. The summed E-state index contributed by atoms with van der Waals surface area (Å²) in [6, 6.07) is 0. The SMILES string of the molecule is CC(=O)NCC1CCN(c2nccnc2N)CC1. The minimum atomic E-state index is 0.0376. The molecule has 98 valence electrons. The van der Waals surface area contributed by atoms with Gasteiger partial charge in [0.25, 0.3) is 0 Å². The second-order valence-corrected chi connectivity index (χ2v) is 4.63. The molecule has 0 saturated carbocycles. The summed E-state index contributed by atoms with van der Waals surface area (Å²) in [6.07, 6.45) is 5.34. The van der Waals surface area contributed by atoms with Crippen LogP contribution in [0.5, 0.6) is 0 Å². The van der Waals surface area contributed by atoms with Crippen molar-refractivity contribution in [1.29, 1.82) is 0 Å². The van der Waals surface area contributed by atoms with Crippen LogP contribution in [0.4, 0.5) is 11.6 Å². The second-order valence-electron chi connectivity index (χ2n) is 4.63. The molecule has 2 rings (SSSR count). The largest absolute Gasteiger partial charge is 0.381 e.